The number of nitrogens with one attached hydrogen (secondary N) is 2. The first kappa shape index (κ1) is 47.0. The number of aromatic nitrogens is 3. The Morgan fingerprint density at radius 3 is 2.18 bits per heavy atom. The Bertz CT molecular complexity index is 2660. The van der Waals surface area contributed by atoms with Crippen LogP contribution in [-0.4, -0.2) is 119 Å². The highest BCUT2D eigenvalue weighted by molar-refractivity contribution is 6.31. The van der Waals surface area contributed by atoms with E-state index in [-0.39, 0.29) is 59.5 Å². The number of rotatable bonds is 11. The van der Waals surface area contributed by atoms with E-state index in [4.69, 9.17) is 16.3 Å². The van der Waals surface area contributed by atoms with E-state index in [1.165, 1.54) is 0 Å². The number of imide groups is 1. The van der Waals surface area contributed by atoms with Crippen molar-refractivity contribution in [2.45, 2.75) is 90.8 Å². The Hall–Kier alpha value is -6.05. The summed E-state index contributed by atoms with van der Waals surface area (Å²) < 4.78 is 7.48. The zero-order valence-electron chi connectivity index (χ0n) is 39.4. The average Bonchev–Trinajstić information content (AvgIpc) is 3.34. The lowest BCUT2D eigenvalue weighted by Crippen LogP contribution is -2.74. The number of benzene rings is 3. The Kier molecular flexibility index (Phi) is 13.2. The first-order valence-electron chi connectivity index (χ1n) is 24.1. The largest absolute Gasteiger partial charge is 0.489 e. The highest BCUT2D eigenvalue weighted by atomic mass is 35.5. The maximum Gasteiger partial charge on any atom is 0.278 e. The predicted molar refractivity (Wildman–Crippen MR) is 259 cm³/mol. The number of piperazine rings is 1. The zero-order valence-corrected chi connectivity index (χ0v) is 40.1. The van der Waals surface area contributed by atoms with Crippen molar-refractivity contribution in [3.05, 3.63) is 87.2 Å². The van der Waals surface area contributed by atoms with Crippen LogP contribution in [0.5, 0.6) is 5.75 Å². The molecule has 1 aliphatic carbocycles. The number of halogens is 1. The molecule has 358 valence electrons. The standard InChI is InChI=1S/C51H61ClN10O6/c1-50(2)48(51(3,4)49(50)68-38-11-7-35(31-53)40(52)30-38)55-44(64)33-5-8-36(9-6-33)60-27-25-58(26-28-60)20-15-32-16-21-61(22-17-32)46(66)34-18-23-59(24-19-34)37-10-12-41-39(29-37)47(67)62(57-56-41)42-13-14-43(63)54-45(42)65/h5-12,29-30,32,34,42,48-49H,13-28H2,1-4H3,(H,55,64)(H,54,63,65)/t42?,48-,49-. The molecule has 0 radical (unpaired) electrons. The molecule has 5 heterocycles. The van der Waals surface area contributed by atoms with Crippen LogP contribution in [0.3, 0.4) is 0 Å². The minimum absolute atomic E-state index is 0.0202. The molecule has 1 unspecified atom stereocenters. The van der Waals surface area contributed by atoms with Crippen molar-refractivity contribution in [1.29, 1.82) is 5.26 Å². The highest BCUT2D eigenvalue weighted by Gasteiger charge is 2.64. The van der Waals surface area contributed by atoms with Crippen LogP contribution >= 0.6 is 11.6 Å². The number of carbonyl (C=O) groups excluding carboxylic acids is 4. The van der Waals surface area contributed by atoms with Gasteiger partial charge in [-0.25, -0.2) is 0 Å². The molecule has 4 saturated heterocycles. The average molecular weight is 946 g/mol. The van der Waals surface area contributed by atoms with Crippen LogP contribution in [0, 0.1) is 34.0 Å². The van der Waals surface area contributed by atoms with E-state index in [0.29, 0.717) is 51.8 Å². The molecular weight excluding hydrogens is 884 g/mol. The number of hydrogen-bond donors (Lipinski definition) is 2. The summed E-state index contributed by atoms with van der Waals surface area (Å²) in [7, 11) is 0. The first-order chi connectivity index (χ1) is 32.6. The topological polar surface area (TPSA) is 186 Å². The molecule has 16 nitrogen and oxygen atoms in total. The van der Waals surface area contributed by atoms with Crippen LogP contribution in [0.1, 0.15) is 94.6 Å². The minimum Gasteiger partial charge on any atom is -0.489 e. The van der Waals surface area contributed by atoms with Gasteiger partial charge in [0.25, 0.3) is 17.4 Å². The summed E-state index contributed by atoms with van der Waals surface area (Å²) in [4.78, 5) is 74.0. The molecule has 3 aromatic carbocycles. The summed E-state index contributed by atoms with van der Waals surface area (Å²) in [6.45, 7) is 16.3. The Morgan fingerprint density at radius 2 is 1.51 bits per heavy atom. The van der Waals surface area contributed by atoms with Crippen molar-refractivity contribution in [2.24, 2.45) is 22.7 Å². The van der Waals surface area contributed by atoms with Gasteiger partial charge in [0, 0.05) is 105 Å². The number of carbonyl (C=O) groups is 4. The second-order valence-electron chi connectivity index (χ2n) is 20.5. The summed E-state index contributed by atoms with van der Waals surface area (Å²) in [6.07, 6.45) is 4.83. The molecule has 1 saturated carbocycles. The number of nitrogens with zero attached hydrogens (tertiary/aromatic N) is 8. The Labute approximate surface area is 401 Å². The van der Waals surface area contributed by atoms with Crippen molar-refractivity contribution in [3.63, 3.8) is 0 Å². The van der Waals surface area contributed by atoms with Gasteiger partial charge in [0.1, 0.15) is 29.5 Å². The summed E-state index contributed by atoms with van der Waals surface area (Å²) in [5.74, 6) is 0.429. The molecule has 4 amide bonds. The fourth-order valence-corrected chi connectivity index (χ4v) is 11.9. The van der Waals surface area contributed by atoms with Crippen molar-refractivity contribution in [1.82, 2.24) is 35.4 Å². The molecule has 0 bridgehead atoms. The molecule has 5 fully saturated rings. The highest BCUT2D eigenvalue weighted by Crippen LogP contribution is 2.55. The second kappa shape index (κ2) is 19.2. The molecule has 5 aliphatic rings. The summed E-state index contributed by atoms with van der Waals surface area (Å²) in [5, 5.41) is 23.7. The van der Waals surface area contributed by atoms with Gasteiger partial charge in [-0.3, -0.25) is 34.2 Å². The lowest BCUT2D eigenvalue weighted by Gasteiger charge is -2.63. The van der Waals surface area contributed by atoms with E-state index in [0.717, 1.165) is 94.0 Å². The molecule has 68 heavy (non-hydrogen) atoms. The molecule has 2 N–H and O–H groups in total. The summed E-state index contributed by atoms with van der Waals surface area (Å²) in [6, 6.07) is 19.6. The lowest BCUT2D eigenvalue weighted by molar-refractivity contribution is -0.164. The zero-order chi connectivity index (χ0) is 47.9. The molecule has 0 spiro atoms. The number of ether oxygens (including phenoxy) is 1. The number of piperidine rings is 3. The molecule has 9 rings (SSSR count). The lowest BCUT2D eigenvalue weighted by atomic mass is 9.49. The van der Waals surface area contributed by atoms with Crippen molar-refractivity contribution < 1.29 is 23.9 Å². The number of anilines is 2. The predicted octanol–water partition coefficient (Wildman–Crippen LogP) is 5.57. The molecular formula is C51H61ClN10O6. The first-order valence-corrected chi connectivity index (χ1v) is 24.5. The van der Waals surface area contributed by atoms with Gasteiger partial charge >= 0.3 is 0 Å². The number of likely N-dealkylation sites (tertiary alicyclic amines) is 1. The normalized spacial score (nSPS) is 23.4. The maximum absolute atomic E-state index is 13.7. The Balaban J connectivity index is 0.683. The van der Waals surface area contributed by atoms with Gasteiger partial charge in [-0.15, -0.1) is 5.10 Å². The van der Waals surface area contributed by atoms with Gasteiger partial charge in [-0.2, -0.15) is 9.94 Å². The smallest absolute Gasteiger partial charge is 0.278 e. The van der Waals surface area contributed by atoms with Crippen LogP contribution in [0.25, 0.3) is 10.9 Å². The summed E-state index contributed by atoms with van der Waals surface area (Å²) >= 11 is 6.27. The fourth-order valence-electron chi connectivity index (χ4n) is 11.7. The van der Waals surface area contributed by atoms with Gasteiger partial charge in [-0.05, 0) is 106 Å². The monoisotopic (exact) mass is 944 g/mol. The van der Waals surface area contributed by atoms with Crippen LogP contribution < -0.4 is 30.7 Å². The third kappa shape index (κ3) is 9.39. The van der Waals surface area contributed by atoms with Crippen molar-refractivity contribution in [3.8, 4) is 11.8 Å². The van der Waals surface area contributed by atoms with Crippen LogP contribution in [0.15, 0.2) is 65.5 Å². The maximum atomic E-state index is 13.7. The number of fused-ring (bicyclic) bond motifs is 1. The molecule has 4 aliphatic heterocycles. The second-order valence-corrected chi connectivity index (χ2v) is 20.9. The molecule has 1 atom stereocenters. The van der Waals surface area contributed by atoms with Gasteiger partial charge in [0.05, 0.1) is 16.0 Å². The van der Waals surface area contributed by atoms with E-state index in [9.17, 15) is 29.2 Å². The van der Waals surface area contributed by atoms with Crippen molar-refractivity contribution in [2.75, 3.05) is 68.7 Å². The number of nitriles is 1. The Morgan fingerprint density at radius 1 is 0.838 bits per heavy atom. The van der Waals surface area contributed by atoms with E-state index < -0.39 is 17.5 Å². The van der Waals surface area contributed by atoms with Gasteiger partial charge in [0.15, 0.2) is 0 Å². The SMILES string of the molecule is CC1(C)[C@H](NC(=O)c2ccc(N3CCN(CCC4CCN(C(=O)C5CCN(c6ccc7nnn(C8CCC(=O)NC8=O)c(=O)c7c6)CC5)CC4)CC3)cc2)C(C)(C)[C@H]1Oc1ccc(C#N)c(Cl)c1. The molecule has 4 aromatic rings. The van der Waals surface area contributed by atoms with Crippen LogP contribution in [0.2, 0.25) is 5.02 Å². The fraction of sp³-hybridized carbons (Fsp3) is 0.529. The van der Waals surface area contributed by atoms with Gasteiger partial charge < -0.3 is 24.8 Å². The van der Waals surface area contributed by atoms with Gasteiger partial charge in [-0.1, -0.05) is 44.5 Å². The van der Waals surface area contributed by atoms with Crippen molar-refractivity contribution >= 4 is 57.5 Å². The van der Waals surface area contributed by atoms with Gasteiger partial charge in [0.2, 0.25) is 11.8 Å². The van der Waals surface area contributed by atoms with Crippen LogP contribution in [-0.2, 0) is 14.4 Å². The minimum atomic E-state index is -0.876. The number of amides is 4. The number of hydrogen-bond acceptors (Lipinski definition) is 12. The summed E-state index contributed by atoms with van der Waals surface area (Å²) in [5.41, 5.74) is 2.34. The third-order valence-electron chi connectivity index (χ3n) is 15.5. The van der Waals surface area contributed by atoms with E-state index in [1.54, 1.807) is 30.3 Å². The van der Waals surface area contributed by atoms with E-state index >= 15 is 0 Å². The van der Waals surface area contributed by atoms with E-state index in [2.05, 4.69) is 74.3 Å². The van der Waals surface area contributed by atoms with E-state index in [1.807, 2.05) is 30.3 Å². The molecule has 1 aromatic heterocycles. The third-order valence-corrected chi connectivity index (χ3v) is 15.8. The quantitative estimate of drug-likeness (QED) is 0.178. The van der Waals surface area contributed by atoms with Crippen LogP contribution in [0.4, 0.5) is 11.4 Å². The molecule has 17 heteroatoms.